The zero-order valence-electron chi connectivity index (χ0n) is 12.8. The van der Waals surface area contributed by atoms with Gasteiger partial charge in [0.05, 0.1) is 5.56 Å². The molecule has 2 bridgehead atoms. The number of rotatable bonds is 5. The van der Waals surface area contributed by atoms with Gasteiger partial charge < -0.3 is 9.84 Å². The molecule has 0 aliphatic carbocycles. The number of ether oxygens (including phenoxy) is 1. The Balaban J connectivity index is 1.95. The number of thioether (sulfide) groups is 1. The first kappa shape index (κ1) is 15.7. The van der Waals surface area contributed by atoms with Crippen LogP contribution in [0, 0.1) is 11.7 Å². The van der Waals surface area contributed by atoms with Gasteiger partial charge in [-0.15, -0.1) is 0 Å². The van der Waals surface area contributed by atoms with Crippen LogP contribution in [0.1, 0.15) is 49.9 Å². The van der Waals surface area contributed by atoms with Gasteiger partial charge in [0, 0.05) is 16.9 Å². The molecule has 2 saturated heterocycles. The molecule has 4 atom stereocenters. The number of aromatic carboxylic acids is 1. The van der Waals surface area contributed by atoms with Crippen LogP contribution in [0.5, 0.6) is 5.75 Å². The third-order valence-corrected chi connectivity index (χ3v) is 6.87. The van der Waals surface area contributed by atoms with E-state index >= 15 is 0 Å². The second-order valence-electron chi connectivity index (χ2n) is 6.34. The Morgan fingerprint density at radius 2 is 2.32 bits per heavy atom. The SMILES string of the molecule is CCC(C)C1(Oc2cc(C(=O)O)ccc2F)CC2CCC1S2. The second kappa shape index (κ2) is 5.76. The lowest BCUT2D eigenvalue weighted by Gasteiger charge is -2.41. The van der Waals surface area contributed by atoms with Crippen LogP contribution in [0.2, 0.25) is 0 Å². The molecule has 0 radical (unpaired) electrons. The van der Waals surface area contributed by atoms with Gasteiger partial charge >= 0.3 is 5.97 Å². The van der Waals surface area contributed by atoms with Gasteiger partial charge in [-0.1, -0.05) is 13.8 Å². The van der Waals surface area contributed by atoms with Crippen molar-refractivity contribution >= 4 is 17.7 Å². The summed E-state index contributed by atoms with van der Waals surface area (Å²) >= 11 is 1.95. The highest BCUT2D eigenvalue weighted by molar-refractivity contribution is 8.01. The van der Waals surface area contributed by atoms with E-state index < -0.39 is 11.8 Å². The maximum Gasteiger partial charge on any atom is 0.335 e. The maximum atomic E-state index is 14.1. The van der Waals surface area contributed by atoms with E-state index in [1.165, 1.54) is 24.6 Å². The average Bonchev–Trinajstić information content (AvgIpc) is 3.09. The predicted molar refractivity (Wildman–Crippen MR) is 85.2 cm³/mol. The molecule has 0 saturated carbocycles. The Labute approximate surface area is 134 Å². The molecule has 5 heteroatoms. The molecule has 0 amide bonds. The van der Waals surface area contributed by atoms with Crippen molar-refractivity contribution in [3.05, 3.63) is 29.6 Å². The average molecular weight is 324 g/mol. The van der Waals surface area contributed by atoms with Gasteiger partial charge in [-0.05, 0) is 43.4 Å². The molecule has 1 aromatic rings. The monoisotopic (exact) mass is 324 g/mol. The van der Waals surface area contributed by atoms with Crippen LogP contribution in [0.25, 0.3) is 0 Å². The topological polar surface area (TPSA) is 46.5 Å². The van der Waals surface area contributed by atoms with E-state index in [0.29, 0.717) is 16.4 Å². The highest BCUT2D eigenvalue weighted by atomic mass is 32.2. The summed E-state index contributed by atoms with van der Waals surface area (Å²) in [5, 5.41) is 10.1. The fourth-order valence-corrected chi connectivity index (χ4v) is 5.67. The Bertz CT molecular complexity index is 591. The summed E-state index contributed by atoms with van der Waals surface area (Å²) in [7, 11) is 0. The van der Waals surface area contributed by atoms with Crippen LogP contribution in [0.15, 0.2) is 18.2 Å². The highest BCUT2D eigenvalue weighted by Crippen LogP contribution is 2.56. The van der Waals surface area contributed by atoms with E-state index in [9.17, 15) is 9.18 Å². The van der Waals surface area contributed by atoms with Crippen LogP contribution in [0.4, 0.5) is 4.39 Å². The summed E-state index contributed by atoms with van der Waals surface area (Å²) in [5.41, 5.74) is -0.313. The highest BCUT2D eigenvalue weighted by Gasteiger charge is 2.56. The number of carbonyl (C=O) groups is 1. The molecule has 1 aromatic carbocycles. The molecule has 2 aliphatic rings. The summed E-state index contributed by atoms with van der Waals surface area (Å²) in [6.07, 6.45) is 4.19. The summed E-state index contributed by atoms with van der Waals surface area (Å²) < 4.78 is 20.4. The van der Waals surface area contributed by atoms with Crippen molar-refractivity contribution in [2.75, 3.05) is 0 Å². The second-order valence-corrected chi connectivity index (χ2v) is 7.85. The van der Waals surface area contributed by atoms with Gasteiger partial charge in [-0.2, -0.15) is 11.8 Å². The third-order valence-electron chi connectivity index (χ3n) is 5.12. The van der Waals surface area contributed by atoms with Gasteiger partial charge in [0.2, 0.25) is 0 Å². The lowest BCUT2D eigenvalue weighted by Crippen LogP contribution is -2.50. The first-order valence-electron chi connectivity index (χ1n) is 7.83. The molecule has 2 heterocycles. The summed E-state index contributed by atoms with van der Waals surface area (Å²) in [6.45, 7) is 4.27. The zero-order valence-corrected chi connectivity index (χ0v) is 13.7. The summed E-state index contributed by atoms with van der Waals surface area (Å²) in [6, 6.07) is 3.78. The Kier molecular flexibility index (Phi) is 4.10. The Hall–Kier alpha value is -1.23. The number of carboxylic acids is 1. The number of halogens is 1. The fraction of sp³-hybridized carbons (Fsp3) is 0.588. The number of benzene rings is 1. The number of hydrogen-bond acceptors (Lipinski definition) is 3. The van der Waals surface area contributed by atoms with Crippen LogP contribution in [0.3, 0.4) is 0 Å². The van der Waals surface area contributed by atoms with E-state index in [-0.39, 0.29) is 16.9 Å². The predicted octanol–water partition coefficient (Wildman–Crippen LogP) is 4.36. The first-order chi connectivity index (χ1) is 10.5. The van der Waals surface area contributed by atoms with Gasteiger partial charge in [0.15, 0.2) is 11.6 Å². The third kappa shape index (κ3) is 2.49. The summed E-state index contributed by atoms with van der Waals surface area (Å²) in [5.74, 6) is -1.17. The minimum atomic E-state index is -1.07. The van der Waals surface area contributed by atoms with Crippen molar-refractivity contribution in [3.8, 4) is 5.75 Å². The molecule has 0 spiro atoms. The largest absolute Gasteiger partial charge is 0.483 e. The van der Waals surface area contributed by atoms with Crippen molar-refractivity contribution in [3.63, 3.8) is 0 Å². The molecule has 0 aromatic heterocycles. The molecule has 120 valence electrons. The normalized spacial score (nSPS) is 31.2. The van der Waals surface area contributed by atoms with Crippen LogP contribution in [-0.4, -0.2) is 27.2 Å². The van der Waals surface area contributed by atoms with E-state index in [0.717, 1.165) is 19.3 Å². The minimum absolute atomic E-state index is 0.0616. The van der Waals surface area contributed by atoms with Crippen molar-refractivity contribution in [2.24, 2.45) is 5.92 Å². The van der Waals surface area contributed by atoms with E-state index in [1.54, 1.807) is 0 Å². The molecule has 4 unspecified atom stereocenters. The molecule has 2 aliphatic heterocycles. The smallest absolute Gasteiger partial charge is 0.335 e. The lowest BCUT2D eigenvalue weighted by atomic mass is 9.75. The molecule has 3 rings (SSSR count). The summed E-state index contributed by atoms with van der Waals surface area (Å²) in [4.78, 5) is 11.1. The van der Waals surface area contributed by atoms with Crippen molar-refractivity contribution < 1.29 is 19.0 Å². The van der Waals surface area contributed by atoms with Crippen LogP contribution < -0.4 is 4.74 Å². The molecular weight excluding hydrogens is 303 g/mol. The maximum absolute atomic E-state index is 14.1. The van der Waals surface area contributed by atoms with E-state index in [4.69, 9.17) is 9.84 Å². The molecule has 22 heavy (non-hydrogen) atoms. The van der Waals surface area contributed by atoms with E-state index in [2.05, 4.69) is 13.8 Å². The lowest BCUT2D eigenvalue weighted by molar-refractivity contribution is -0.00469. The van der Waals surface area contributed by atoms with Crippen LogP contribution >= 0.6 is 11.8 Å². The van der Waals surface area contributed by atoms with Gasteiger partial charge in [-0.25, -0.2) is 9.18 Å². The Morgan fingerprint density at radius 1 is 1.55 bits per heavy atom. The quantitative estimate of drug-likeness (QED) is 0.874. The van der Waals surface area contributed by atoms with Gasteiger partial charge in [-0.3, -0.25) is 0 Å². The van der Waals surface area contributed by atoms with Crippen molar-refractivity contribution in [1.82, 2.24) is 0 Å². The van der Waals surface area contributed by atoms with Gasteiger partial charge in [0.1, 0.15) is 5.60 Å². The fourth-order valence-electron chi connectivity index (χ4n) is 3.69. The minimum Gasteiger partial charge on any atom is -0.483 e. The number of fused-ring (bicyclic) bond motifs is 2. The molecule has 3 nitrogen and oxygen atoms in total. The zero-order chi connectivity index (χ0) is 15.9. The van der Waals surface area contributed by atoms with Crippen LogP contribution in [-0.2, 0) is 0 Å². The van der Waals surface area contributed by atoms with Crippen molar-refractivity contribution in [1.29, 1.82) is 0 Å². The van der Waals surface area contributed by atoms with E-state index in [1.807, 2.05) is 11.8 Å². The molecule has 2 fully saturated rings. The number of carboxylic acid groups (broad SMARTS) is 1. The van der Waals surface area contributed by atoms with Gasteiger partial charge in [0.25, 0.3) is 0 Å². The van der Waals surface area contributed by atoms with Crippen molar-refractivity contribution in [2.45, 2.75) is 55.6 Å². The number of hydrogen-bond donors (Lipinski definition) is 1. The first-order valence-corrected chi connectivity index (χ1v) is 8.78. The molecular formula is C17H21FO3S. The Morgan fingerprint density at radius 3 is 2.86 bits per heavy atom. The standard InChI is InChI=1S/C17H21FO3S/c1-3-10(2)17(9-12-5-7-15(17)22-12)21-14-8-11(16(19)20)4-6-13(14)18/h4,6,8,10,12,15H,3,5,7,9H2,1-2H3,(H,19,20). The molecule has 1 N–H and O–H groups in total.